The number of carbonyl (C=O) groups is 3. The normalized spacial score (nSPS) is 45.1. The van der Waals surface area contributed by atoms with E-state index in [1.807, 2.05) is 6.92 Å². The summed E-state index contributed by atoms with van der Waals surface area (Å²) in [6.45, 7) is 9.71. The van der Waals surface area contributed by atoms with Gasteiger partial charge in [0, 0.05) is 19.3 Å². The van der Waals surface area contributed by atoms with E-state index >= 15 is 0 Å². The van der Waals surface area contributed by atoms with Crippen LogP contribution >= 0.6 is 0 Å². The Labute approximate surface area is 198 Å². The van der Waals surface area contributed by atoms with Gasteiger partial charge in [-0.15, -0.1) is 0 Å². The maximum atomic E-state index is 12.5. The summed E-state index contributed by atoms with van der Waals surface area (Å²) in [6, 6.07) is 0. The molecule has 0 heterocycles. The third-order valence-electron chi connectivity index (χ3n) is 10.6. The lowest BCUT2D eigenvalue weighted by molar-refractivity contribution is -0.198. The standard InChI is InChI=1S/C27H42O6/c1-15(25(30)31-6)21-9-10-22-20-8-7-18-13-19(32-16(2)28)11-12-26(18,4)23(20)14-24(27(21,22)5)33-17(3)29/h15,18-24H,7-14H2,1-6H3/t15-,18+,19+,20-,21+,22-,23-,24-,26-,27+/m0/s1. The molecule has 186 valence electrons. The van der Waals surface area contributed by atoms with Crippen molar-refractivity contribution < 1.29 is 28.6 Å². The van der Waals surface area contributed by atoms with Gasteiger partial charge in [0.25, 0.3) is 0 Å². The van der Waals surface area contributed by atoms with Gasteiger partial charge < -0.3 is 14.2 Å². The van der Waals surface area contributed by atoms with Gasteiger partial charge in [0.2, 0.25) is 0 Å². The number of fused-ring (bicyclic) bond motifs is 5. The summed E-state index contributed by atoms with van der Waals surface area (Å²) in [4.78, 5) is 36.3. The number of hydrogen-bond donors (Lipinski definition) is 0. The van der Waals surface area contributed by atoms with Crippen molar-refractivity contribution >= 4 is 17.9 Å². The van der Waals surface area contributed by atoms with E-state index in [9.17, 15) is 14.4 Å². The molecule has 33 heavy (non-hydrogen) atoms. The van der Waals surface area contributed by atoms with Crippen molar-refractivity contribution in [1.82, 2.24) is 0 Å². The molecule has 0 aromatic carbocycles. The Morgan fingerprint density at radius 2 is 1.58 bits per heavy atom. The molecule has 4 aliphatic rings. The van der Waals surface area contributed by atoms with Crippen LogP contribution in [0, 0.1) is 46.3 Å². The molecule has 0 bridgehead atoms. The van der Waals surface area contributed by atoms with Crippen LogP contribution in [-0.4, -0.2) is 37.2 Å². The predicted molar refractivity (Wildman–Crippen MR) is 123 cm³/mol. The summed E-state index contributed by atoms with van der Waals surface area (Å²) < 4.78 is 16.8. The first-order valence-corrected chi connectivity index (χ1v) is 12.9. The maximum absolute atomic E-state index is 12.5. The number of ether oxygens (including phenoxy) is 3. The molecule has 0 saturated heterocycles. The van der Waals surface area contributed by atoms with Gasteiger partial charge in [-0.2, -0.15) is 0 Å². The second kappa shape index (κ2) is 8.88. The zero-order valence-corrected chi connectivity index (χ0v) is 21.2. The molecular formula is C27H42O6. The number of hydrogen-bond acceptors (Lipinski definition) is 6. The molecule has 0 N–H and O–H groups in total. The molecule has 10 atom stereocenters. The Morgan fingerprint density at radius 1 is 0.879 bits per heavy atom. The fraction of sp³-hybridized carbons (Fsp3) is 0.889. The smallest absolute Gasteiger partial charge is 0.308 e. The zero-order chi connectivity index (χ0) is 24.1. The Kier molecular flexibility index (Phi) is 6.60. The second-order valence-corrected chi connectivity index (χ2v) is 11.9. The minimum atomic E-state index is -0.231. The molecule has 0 aromatic rings. The van der Waals surface area contributed by atoms with Crippen LogP contribution in [0.25, 0.3) is 0 Å². The van der Waals surface area contributed by atoms with Crippen molar-refractivity contribution in [3.63, 3.8) is 0 Å². The summed E-state index contributed by atoms with van der Waals surface area (Å²) in [7, 11) is 1.46. The highest BCUT2D eigenvalue weighted by molar-refractivity contribution is 5.72. The topological polar surface area (TPSA) is 78.9 Å². The van der Waals surface area contributed by atoms with Gasteiger partial charge in [-0.1, -0.05) is 20.8 Å². The summed E-state index contributed by atoms with van der Waals surface area (Å²) in [6.07, 6.45) is 8.03. The van der Waals surface area contributed by atoms with Crippen LogP contribution in [0.2, 0.25) is 0 Å². The van der Waals surface area contributed by atoms with Crippen molar-refractivity contribution in [3.05, 3.63) is 0 Å². The van der Waals surface area contributed by atoms with Crippen molar-refractivity contribution in [3.8, 4) is 0 Å². The Morgan fingerprint density at radius 3 is 2.21 bits per heavy atom. The lowest BCUT2D eigenvalue weighted by atomic mass is 9.43. The molecule has 0 radical (unpaired) electrons. The third-order valence-corrected chi connectivity index (χ3v) is 10.6. The molecule has 0 amide bonds. The number of methoxy groups -OCH3 is 1. The molecule has 0 aromatic heterocycles. The highest BCUT2D eigenvalue weighted by atomic mass is 16.5. The van der Waals surface area contributed by atoms with Gasteiger partial charge in [-0.05, 0) is 86.4 Å². The SMILES string of the molecule is COC(=O)[C@@H](C)[C@H]1CC[C@H]2[C@@H]3CC[C@@H]4C[C@H](OC(C)=O)CC[C@]4(C)[C@H]3C[C@H](OC(C)=O)[C@]12C. The van der Waals surface area contributed by atoms with Gasteiger partial charge in [0.05, 0.1) is 13.0 Å². The molecule has 6 heteroatoms. The van der Waals surface area contributed by atoms with Gasteiger partial charge in [-0.3, -0.25) is 14.4 Å². The molecule has 0 spiro atoms. The molecule has 4 rings (SSSR count). The molecular weight excluding hydrogens is 420 g/mol. The van der Waals surface area contributed by atoms with Crippen LogP contribution in [0.1, 0.15) is 86.0 Å². The first kappa shape index (κ1) is 24.5. The van der Waals surface area contributed by atoms with Crippen LogP contribution in [0.5, 0.6) is 0 Å². The van der Waals surface area contributed by atoms with Gasteiger partial charge in [-0.25, -0.2) is 0 Å². The fourth-order valence-corrected chi connectivity index (χ4v) is 9.08. The van der Waals surface area contributed by atoms with Crippen LogP contribution in [0.4, 0.5) is 0 Å². The maximum Gasteiger partial charge on any atom is 0.308 e. The lowest BCUT2D eigenvalue weighted by Crippen LogP contribution is -2.60. The van der Waals surface area contributed by atoms with E-state index in [1.165, 1.54) is 27.4 Å². The average Bonchev–Trinajstić information content (AvgIpc) is 3.11. The summed E-state index contributed by atoms with van der Waals surface area (Å²) in [5, 5.41) is 0. The van der Waals surface area contributed by atoms with E-state index in [2.05, 4.69) is 13.8 Å². The first-order valence-electron chi connectivity index (χ1n) is 12.9. The summed E-state index contributed by atoms with van der Waals surface area (Å²) in [5.41, 5.74) is -0.0378. The summed E-state index contributed by atoms with van der Waals surface area (Å²) >= 11 is 0. The van der Waals surface area contributed by atoms with Crippen LogP contribution < -0.4 is 0 Å². The molecule has 6 nitrogen and oxygen atoms in total. The van der Waals surface area contributed by atoms with Crippen molar-refractivity contribution in [2.75, 3.05) is 7.11 Å². The van der Waals surface area contributed by atoms with E-state index < -0.39 is 0 Å². The van der Waals surface area contributed by atoms with E-state index in [-0.39, 0.29) is 52.8 Å². The van der Waals surface area contributed by atoms with E-state index in [1.54, 1.807) is 0 Å². The predicted octanol–water partition coefficient (Wildman–Crippen LogP) is 4.93. The number of carbonyl (C=O) groups excluding carboxylic acids is 3. The van der Waals surface area contributed by atoms with E-state index in [0.29, 0.717) is 23.7 Å². The molecule has 0 unspecified atom stereocenters. The largest absolute Gasteiger partial charge is 0.469 e. The second-order valence-electron chi connectivity index (χ2n) is 11.9. The van der Waals surface area contributed by atoms with Crippen molar-refractivity contribution in [1.29, 1.82) is 0 Å². The monoisotopic (exact) mass is 462 g/mol. The number of esters is 3. The van der Waals surface area contributed by atoms with Crippen LogP contribution in [-0.2, 0) is 28.6 Å². The van der Waals surface area contributed by atoms with Gasteiger partial charge >= 0.3 is 17.9 Å². The minimum absolute atomic E-state index is 0.0343. The van der Waals surface area contributed by atoms with E-state index in [4.69, 9.17) is 14.2 Å². The molecule has 0 aliphatic heterocycles. The van der Waals surface area contributed by atoms with Crippen molar-refractivity contribution in [2.45, 2.75) is 98.2 Å². The Bertz CT molecular complexity index is 793. The third kappa shape index (κ3) is 3.99. The fourth-order valence-electron chi connectivity index (χ4n) is 9.08. The molecule has 4 fully saturated rings. The minimum Gasteiger partial charge on any atom is -0.469 e. The van der Waals surface area contributed by atoms with Gasteiger partial charge in [0.1, 0.15) is 12.2 Å². The Balaban J connectivity index is 1.64. The quantitative estimate of drug-likeness (QED) is 0.435. The van der Waals surface area contributed by atoms with E-state index in [0.717, 1.165) is 44.9 Å². The van der Waals surface area contributed by atoms with Crippen LogP contribution in [0.15, 0.2) is 0 Å². The molecule has 4 aliphatic carbocycles. The number of rotatable bonds is 4. The van der Waals surface area contributed by atoms with Crippen molar-refractivity contribution in [2.24, 2.45) is 46.3 Å². The van der Waals surface area contributed by atoms with Crippen LogP contribution in [0.3, 0.4) is 0 Å². The zero-order valence-electron chi connectivity index (χ0n) is 21.2. The highest BCUT2D eigenvalue weighted by Gasteiger charge is 2.65. The first-order chi connectivity index (χ1) is 15.5. The lowest BCUT2D eigenvalue weighted by Gasteiger charge is -2.62. The average molecular weight is 463 g/mol. The molecule has 4 saturated carbocycles. The summed E-state index contributed by atoms with van der Waals surface area (Å²) in [5.74, 6) is 1.43. The Hall–Kier alpha value is -1.59. The van der Waals surface area contributed by atoms with Gasteiger partial charge in [0.15, 0.2) is 0 Å². The highest BCUT2D eigenvalue weighted by Crippen LogP contribution is 2.68.